The number of rotatable bonds is 1. The molecule has 0 saturated carbocycles. The third-order valence-electron chi connectivity index (χ3n) is 2.02. The number of hydrogen-bond acceptors (Lipinski definition) is 2. The lowest BCUT2D eigenvalue weighted by Gasteiger charge is -2.08. The molecule has 1 N–H and O–H groups in total. The van der Waals surface area contributed by atoms with Crippen LogP contribution >= 0.6 is 11.3 Å². The van der Waals surface area contributed by atoms with E-state index < -0.39 is 5.97 Å². The van der Waals surface area contributed by atoms with Gasteiger partial charge in [-0.1, -0.05) is 0 Å². The Labute approximate surface area is 74.2 Å². The number of carbonyl (C=O) groups is 1. The smallest absolute Gasteiger partial charge is 0.331 e. The van der Waals surface area contributed by atoms with Crippen LogP contribution in [0.3, 0.4) is 0 Å². The lowest BCUT2D eigenvalue weighted by Crippen LogP contribution is -2.05. The van der Waals surface area contributed by atoms with Crippen molar-refractivity contribution >= 4 is 23.4 Å². The molecular formula is C9H8O2S. The molecule has 0 spiro atoms. The molecular weight excluding hydrogens is 172 g/mol. The van der Waals surface area contributed by atoms with Crippen molar-refractivity contribution < 1.29 is 9.90 Å². The van der Waals surface area contributed by atoms with E-state index in [1.54, 1.807) is 17.4 Å². The molecule has 0 aliphatic heterocycles. The van der Waals surface area contributed by atoms with E-state index in [2.05, 4.69) is 6.07 Å². The fraction of sp³-hybridized carbons (Fsp3) is 0.222. The minimum absolute atomic E-state index is 0.532. The Morgan fingerprint density at radius 1 is 1.50 bits per heavy atom. The molecule has 0 fully saturated rings. The maximum atomic E-state index is 10.6. The summed E-state index contributed by atoms with van der Waals surface area (Å²) in [5, 5.41) is 10.7. The van der Waals surface area contributed by atoms with Gasteiger partial charge in [0.1, 0.15) is 0 Å². The van der Waals surface area contributed by atoms with Crippen LogP contribution in [0.15, 0.2) is 17.0 Å². The van der Waals surface area contributed by atoms with Gasteiger partial charge in [-0.05, 0) is 35.9 Å². The van der Waals surface area contributed by atoms with Gasteiger partial charge >= 0.3 is 5.97 Å². The minimum atomic E-state index is -0.783. The first-order valence-corrected chi connectivity index (χ1v) is 4.65. The molecule has 0 aromatic carbocycles. The van der Waals surface area contributed by atoms with Gasteiger partial charge in [-0.3, -0.25) is 0 Å². The van der Waals surface area contributed by atoms with Gasteiger partial charge in [-0.15, -0.1) is 11.3 Å². The summed E-state index contributed by atoms with van der Waals surface area (Å²) in [6.07, 6.45) is 3.32. The summed E-state index contributed by atoms with van der Waals surface area (Å²) in [7, 11) is 0. The predicted molar refractivity (Wildman–Crippen MR) is 48.3 cm³/mol. The summed E-state index contributed by atoms with van der Waals surface area (Å²) in [6, 6.07) is 2.06. The maximum Gasteiger partial charge on any atom is 0.331 e. The maximum absolute atomic E-state index is 10.6. The van der Waals surface area contributed by atoms with Crippen LogP contribution in [0, 0.1) is 0 Å². The Balaban J connectivity index is 2.41. The number of aliphatic carboxylic acids is 1. The van der Waals surface area contributed by atoms with E-state index in [0.29, 0.717) is 12.0 Å². The Morgan fingerprint density at radius 3 is 3.08 bits per heavy atom. The van der Waals surface area contributed by atoms with E-state index in [4.69, 9.17) is 5.11 Å². The second-order valence-corrected chi connectivity index (χ2v) is 3.73. The standard InChI is InChI=1S/C9H8O2S/c10-9(11)7-2-1-6-3-4-12-8(6)5-7/h3-5H,1-2H2,(H,10,11). The Hall–Kier alpha value is -1.09. The molecule has 62 valence electrons. The molecule has 1 aromatic rings. The molecule has 2 rings (SSSR count). The Kier molecular flexibility index (Phi) is 1.73. The van der Waals surface area contributed by atoms with Crippen LogP contribution in [0.1, 0.15) is 16.9 Å². The topological polar surface area (TPSA) is 37.3 Å². The monoisotopic (exact) mass is 180 g/mol. The highest BCUT2D eigenvalue weighted by molar-refractivity contribution is 7.11. The molecule has 0 atom stereocenters. The highest BCUT2D eigenvalue weighted by atomic mass is 32.1. The van der Waals surface area contributed by atoms with Crippen LogP contribution < -0.4 is 0 Å². The van der Waals surface area contributed by atoms with Gasteiger partial charge in [0.15, 0.2) is 0 Å². The third-order valence-corrected chi connectivity index (χ3v) is 2.93. The summed E-state index contributed by atoms with van der Waals surface area (Å²) < 4.78 is 0. The average Bonchev–Trinajstić information content (AvgIpc) is 2.49. The second-order valence-electron chi connectivity index (χ2n) is 2.78. The number of carboxylic acids is 1. The van der Waals surface area contributed by atoms with Crippen LogP contribution in [-0.4, -0.2) is 11.1 Å². The summed E-state index contributed by atoms with van der Waals surface area (Å²) >= 11 is 1.61. The summed E-state index contributed by atoms with van der Waals surface area (Å²) in [5.41, 5.74) is 1.81. The zero-order valence-electron chi connectivity index (χ0n) is 6.41. The normalized spacial score (nSPS) is 15.2. The first-order chi connectivity index (χ1) is 5.77. The molecule has 1 aliphatic rings. The van der Waals surface area contributed by atoms with Gasteiger partial charge < -0.3 is 5.11 Å². The molecule has 0 amide bonds. The summed E-state index contributed by atoms with van der Waals surface area (Å²) in [5.74, 6) is -0.783. The molecule has 1 aromatic heterocycles. The summed E-state index contributed by atoms with van der Waals surface area (Å²) in [4.78, 5) is 11.7. The molecule has 1 aliphatic carbocycles. The first kappa shape index (κ1) is 7.55. The largest absolute Gasteiger partial charge is 0.478 e. The van der Waals surface area contributed by atoms with Crippen molar-refractivity contribution in [3.05, 3.63) is 27.5 Å². The van der Waals surface area contributed by atoms with Gasteiger partial charge in [-0.2, -0.15) is 0 Å². The molecule has 1 heterocycles. The van der Waals surface area contributed by atoms with Crippen molar-refractivity contribution in [1.82, 2.24) is 0 Å². The highest BCUT2D eigenvalue weighted by Gasteiger charge is 2.15. The van der Waals surface area contributed by atoms with Gasteiger partial charge in [-0.25, -0.2) is 4.79 Å². The molecule has 2 nitrogen and oxygen atoms in total. The SMILES string of the molecule is O=C(O)C1=Cc2sccc2CC1. The molecule has 0 saturated heterocycles. The highest BCUT2D eigenvalue weighted by Crippen LogP contribution is 2.27. The van der Waals surface area contributed by atoms with Gasteiger partial charge in [0, 0.05) is 10.5 Å². The van der Waals surface area contributed by atoms with E-state index in [0.717, 1.165) is 11.3 Å². The van der Waals surface area contributed by atoms with Crippen molar-refractivity contribution in [2.24, 2.45) is 0 Å². The first-order valence-electron chi connectivity index (χ1n) is 3.77. The average molecular weight is 180 g/mol. The number of fused-ring (bicyclic) bond motifs is 1. The molecule has 3 heteroatoms. The van der Waals surface area contributed by atoms with Crippen LogP contribution in [0.2, 0.25) is 0 Å². The van der Waals surface area contributed by atoms with Crippen LogP contribution in [0.4, 0.5) is 0 Å². The van der Waals surface area contributed by atoms with Crippen molar-refractivity contribution in [2.45, 2.75) is 12.8 Å². The number of hydrogen-bond donors (Lipinski definition) is 1. The van der Waals surface area contributed by atoms with E-state index in [1.165, 1.54) is 5.56 Å². The molecule has 0 bridgehead atoms. The Bertz CT molecular complexity index is 349. The van der Waals surface area contributed by atoms with Crippen molar-refractivity contribution in [3.63, 3.8) is 0 Å². The van der Waals surface area contributed by atoms with Gasteiger partial charge in [0.2, 0.25) is 0 Å². The van der Waals surface area contributed by atoms with E-state index in [1.807, 2.05) is 5.38 Å². The lowest BCUT2D eigenvalue weighted by molar-refractivity contribution is -0.132. The van der Waals surface area contributed by atoms with Crippen LogP contribution in [0.25, 0.3) is 6.08 Å². The zero-order valence-corrected chi connectivity index (χ0v) is 7.23. The number of thiophene rings is 1. The van der Waals surface area contributed by atoms with Crippen molar-refractivity contribution in [1.29, 1.82) is 0 Å². The van der Waals surface area contributed by atoms with Crippen molar-refractivity contribution in [2.75, 3.05) is 0 Å². The van der Waals surface area contributed by atoms with E-state index in [-0.39, 0.29) is 0 Å². The van der Waals surface area contributed by atoms with Gasteiger partial charge in [0.25, 0.3) is 0 Å². The fourth-order valence-electron chi connectivity index (χ4n) is 1.35. The second kappa shape index (κ2) is 2.75. The number of carboxylic acid groups (broad SMARTS) is 1. The van der Waals surface area contributed by atoms with E-state index >= 15 is 0 Å². The molecule has 0 radical (unpaired) electrons. The zero-order chi connectivity index (χ0) is 8.55. The molecule has 12 heavy (non-hydrogen) atoms. The lowest BCUT2D eigenvalue weighted by atomic mass is 9.99. The van der Waals surface area contributed by atoms with Crippen LogP contribution in [-0.2, 0) is 11.2 Å². The summed E-state index contributed by atoms with van der Waals surface area (Å²) in [6.45, 7) is 0. The Morgan fingerprint density at radius 2 is 2.33 bits per heavy atom. The third kappa shape index (κ3) is 1.16. The van der Waals surface area contributed by atoms with Crippen molar-refractivity contribution in [3.8, 4) is 0 Å². The predicted octanol–water partition coefficient (Wildman–Crippen LogP) is 2.16. The van der Waals surface area contributed by atoms with Gasteiger partial charge in [0.05, 0.1) is 0 Å². The van der Waals surface area contributed by atoms with Crippen LogP contribution in [0.5, 0.6) is 0 Å². The fourth-order valence-corrected chi connectivity index (χ4v) is 2.26. The minimum Gasteiger partial charge on any atom is -0.478 e. The van der Waals surface area contributed by atoms with E-state index in [9.17, 15) is 4.79 Å². The number of aryl methyl sites for hydroxylation is 1. The molecule has 0 unspecified atom stereocenters. The quantitative estimate of drug-likeness (QED) is 0.719.